The molecule has 2 aromatic rings. The average molecular weight is 259 g/mol. The minimum atomic E-state index is -0.685. The highest BCUT2D eigenvalue weighted by Gasteiger charge is 2.12. The van der Waals surface area contributed by atoms with Crippen LogP contribution in [0.25, 0.3) is 11.1 Å². The Morgan fingerprint density at radius 1 is 0.875 bits per heavy atom. The number of benzene rings is 2. The van der Waals surface area contributed by atoms with Crippen molar-refractivity contribution in [1.82, 2.24) is 0 Å². The van der Waals surface area contributed by atoms with Crippen LogP contribution in [0.5, 0.6) is 0 Å². The van der Waals surface area contributed by atoms with E-state index in [-0.39, 0.29) is 5.56 Å². The van der Waals surface area contributed by atoms with Crippen LogP contribution in [-0.4, -0.2) is 0 Å². The van der Waals surface area contributed by atoms with Gasteiger partial charge in [0.05, 0.1) is 0 Å². The number of halogens is 4. The fraction of sp³-hybridized carbons (Fsp3) is 0. The number of hydrogen-bond donors (Lipinski definition) is 0. The molecule has 4 heteroatoms. The van der Waals surface area contributed by atoms with Crippen LogP contribution in [0.1, 0.15) is 0 Å². The van der Waals surface area contributed by atoms with Crippen molar-refractivity contribution in [3.63, 3.8) is 0 Å². The molecule has 0 atom stereocenters. The molecule has 0 nitrogen and oxygen atoms in total. The van der Waals surface area contributed by atoms with Gasteiger partial charge in [0.15, 0.2) is 0 Å². The summed E-state index contributed by atoms with van der Waals surface area (Å²) in [7, 11) is 0. The summed E-state index contributed by atoms with van der Waals surface area (Å²) >= 11 is 11.9. The minimum Gasteiger partial charge on any atom is -0.207 e. The average Bonchev–Trinajstić information content (AvgIpc) is 2.20. The zero-order chi connectivity index (χ0) is 11.7. The third kappa shape index (κ3) is 2.04. The van der Waals surface area contributed by atoms with Gasteiger partial charge < -0.3 is 0 Å². The smallest absolute Gasteiger partial charge is 0.134 e. The molecule has 0 unspecified atom stereocenters. The molecule has 0 saturated heterocycles. The maximum Gasteiger partial charge on any atom is 0.134 e. The van der Waals surface area contributed by atoms with E-state index in [0.717, 1.165) is 12.1 Å². The van der Waals surface area contributed by atoms with Crippen molar-refractivity contribution >= 4 is 23.2 Å². The van der Waals surface area contributed by atoms with Crippen molar-refractivity contribution in [2.75, 3.05) is 0 Å². The van der Waals surface area contributed by atoms with Crippen molar-refractivity contribution in [1.29, 1.82) is 0 Å². The number of rotatable bonds is 1. The Hall–Kier alpha value is -1.12. The van der Waals surface area contributed by atoms with E-state index in [4.69, 9.17) is 23.2 Å². The standard InChI is InChI=1S/C12H6Cl2F2/c13-9-2-1-3-10(14)12(9)8-5-4-7(15)6-11(8)16/h1-6H. The van der Waals surface area contributed by atoms with Crippen molar-refractivity contribution in [3.8, 4) is 11.1 Å². The highest BCUT2D eigenvalue weighted by Crippen LogP contribution is 2.35. The van der Waals surface area contributed by atoms with E-state index in [9.17, 15) is 8.78 Å². The van der Waals surface area contributed by atoms with Crippen LogP contribution in [0.4, 0.5) is 8.78 Å². The van der Waals surface area contributed by atoms with Crippen LogP contribution in [0.2, 0.25) is 10.0 Å². The summed E-state index contributed by atoms with van der Waals surface area (Å²) in [6, 6.07) is 8.15. The summed E-state index contributed by atoms with van der Waals surface area (Å²) in [5, 5.41) is 0.663. The van der Waals surface area contributed by atoms with Gasteiger partial charge in [0.2, 0.25) is 0 Å². The van der Waals surface area contributed by atoms with Crippen molar-refractivity contribution in [3.05, 3.63) is 58.1 Å². The van der Waals surface area contributed by atoms with Crippen LogP contribution >= 0.6 is 23.2 Å². The lowest BCUT2D eigenvalue weighted by molar-refractivity contribution is 0.585. The van der Waals surface area contributed by atoms with Crippen LogP contribution in [0, 0.1) is 11.6 Å². The van der Waals surface area contributed by atoms with Gasteiger partial charge in [-0.3, -0.25) is 0 Å². The first-order valence-electron chi connectivity index (χ1n) is 4.49. The van der Waals surface area contributed by atoms with Crippen LogP contribution in [0.15, 0.2) is 36.4 Å². The van der Waals surface area contributed by atoms with Gasteiger partial charge >= 0.3 is 0 Å². The molecule has 0 aliphatic rings. The summed E-state index contributed by atoms with van der Waals surface area (Å²) < 4.78 is 26.3. The van der Waals surface area contributed by atoms with E-state index in [1.165, 1.54) is 6.07 Å². The summed E-state index contributed by atoms with van der Waals surface area (Å²) in [6.07, 6.45) is 0. The zero-order valence-electron chi connectivity index (χ0n) is 7.98. The van der Waals surface area contributed by atoms with Gasteiger partial charge in [0.1, 0.15) is 11.6 Å². The summed E-state index contributed by atoms with van der Waals surface area (Å²) in [6.45, 7) is 0. The maximum atomic E-state index is 13.5. The van der Waals surface area contributed by atoms with Gasteiger partial charge in [0.25, 0.3) is 0 Å². The lowest BCUT2D eigenvalue weighted by Crippen LogP contribution is -1.88. The molecule has 0 saturated carbocycles. The predicted octanol–water partition coefficient (Wildman–Crippen LogP) is 4.94. The molecule has 0 fully saturated rings. The molecule has 0 amide bonds. The first kappa shape index (κ1) is 11.4. The molecule has 82 valence electrons. The van der Waals surface area contributed by atoms with Crippen molar-refractivity contribution < 1.29 is 8.78 Å². The molecule has 0 bridgehead atoms. The largest absolute Gasteiger partial charge is 0.207 e. The summed E-state index contributed by atoms with van der Waals surface area (Å²) in [5.41, 5.74) is 0.570. The monoisotopic (exact) mass is 258 g/mol. The lowest BCUT2D eigenvalue weighted by atomic mass is 10.0. The van der Waals surface area contributed by atoms with Crippen LogP contribution in [0.3, 0.4) is 0 Å². The maximum absolute atomic E-state index is 13.5. The molecule has 0 aliphatic heterocycles. The third-order valence-electron chi connectivity index (χ3n) is 2.16. The zero-order valence-corrected chi connectivity index (χ0v) is 9.49. The first-order valence-corrected chi connectivity index (χ1v) is 5.24. The minimum absolute atomic E-state index is 0.192. The molecular formula is C12H6Cl2F2. The second kappa shape index (κ2) is 4.40. The molecular weight excluding hydrogens is 253 g/mol. The van der Waals surface area contributed by atoms with Crippen LogP contribution in [-0.2, 0) is 0 Å². The van der Waals surface area contributed by atoms with Crippen molar-refractivity contribution in [2.24, 2.45) is 0 Å². The van der Waals surface area contributed by atoms with Gasteiger partial charge in [0, 0.05) is 27.2 Å². The molecule has 16 heavy (non-hydrogen) atoms. The normalized spacial score (nSPS) is 10.5. The Bertz CT molecular complexity index is 518. The Balaban J connectivity index is 2.68. The molecule has 0 heterocycles. The molecule has 0 spiro atoms. The molecule has 0 aromatic heterocycles. The summed E-state index contributed by atoms with van der Waals surface area (Å²) in [4.78, 5) is 0. The first-order chi connectivity index (χ1) is 7.59. The van der Waals surface area contributed by atoms with Gasteiger partial charge in [-0.2, -0.15) is 0 Å². The second-order valence-corrected chi connectivity index (χ2v) is 4.04. The molecule has 0 aliphatic carbocycles. The van der Waals surface area contributed by atoms with E-state index in [1.54, 1.807) is 18.2 Å². The van der Waals surface area contributed by atoms with E-state index in [1.807, 2.05) is 0 Å². The van der Waals surface area contributed by atoms with E-state index < -0.39 is 11.6 Å². The molecule has 2 rings (SSSR count). The Morgan fingerprint density at radius 2 is 1.50 bits per heavy atom. The highest BCUT2D eigenvalue weighted by molar-refractivity contribution is 6.39. The molecule has 2 aromatic carbocycles. The van der Waals surface area contributed by atoms with E-state index in [2.05, 4.69) is 0 Å². The summed E-state index contributed by atoms with van der Waals surface area (Å²) in [5.74, 6) is -1.32. The Kier molecular flexibility index (Phi) is 3.13. The van der Waals surface area contributed by atoms with Gasteiger partial charge in [-0.15, -0.1) is 0 Å². The van der Waals surface area contributed by atoms with Crippen molar-refractivity contribution in [2.45, 2.75) is 0 Å². The highest BCUT2D eigenvalue weighted by atomic mass is 35.5. The second-order valence-electron chi connectivity index (χ2n) is 3.22. The van der Waals surface area contributed by atoms with Gasteiger partial charge in [-0.25, -0.2) is 8.78 Å². The van der Waals surface area contributed by atoms with Gasteiger partial charge in [-0.1, -0.05) is 29.3 Å². The number of hydrogen-bond acceptors (Lipinski definition) is 0. The fourth-order valence-electron chi connectivity index (χ4n) is 1.45. The fourth-order valence-corrected chi connectivity index (χ4v) is 2.05. The Morgan fingerprint density at radius 3 is 2.06 bits per heavy atom. The van der Waals surface area contributed by atoms with E-state index in [0.29, 0.717) is 15.6 Å². The quantitative estimate of drug-likeness (QED) is 0.680. The molecule has 0 N–H and O–H groups in total. The SMILES string of the molecule is Fc1ccc(-c2c(Cl)cccc2Cl)c(F)c1. The molecule has 0 radical (unpaired) electrons. The lowest BCUT2D eigenvalue weighted by Gasteiger charge is -2.08. The van der Waals surface area contributed by atoms with Crippen LogP contribution < -0.4 is 0 Å². The Labute approximate surface area is 101 Å². The topological polar surface area (TPSA) is 0 Å². The third-order valence-corrected chi connectivity index (χ3v) is 2.79. The van der Waals surface area contributed by atoms with E-state index >= 15 is 0 Å². The van der Waals surface area contributed by atoms with Gasteiger partial charge in [-0.05, 0) is 24.3 Å². The predicted molar refractivity (Wildman–Crippen MR) is 61.8 cm³/mol.